The average Bonchev–Trinajstić information content (AvgIpc) is 2.59. The summed E-state index contributed by atoms with van der Waals surface area (Å²) < 4.78 is 22.6. The second-order valence-corrected chi connectivity index (χ2v) is 7.27. The van der Waals surface area contributed by atoms with E-state index < -0.39 is 9.84 Å². The van der Waals surface area contributed by atoms with Crippen molar-refractivity contribution in [2.75, 3.05) is 18.8 Å². The highest BCUT2D eigenvalue weighted by molar-refractivity contribution is 7.94. The first kappa shape index (κ1) is 13.1. The van der Waals surface area contributed by atoms with Crippen LogP contribution in [0.1, 0.15) is 26.7 Å². The maximum Gasteiger partial charge on any atom is 0.173 e. The summed E-state index contributed by atoms with van der Waals surface area (Å²) in [7, 11) is -2.92. The van der Waals surface area contributed by atoms with Crippen LogP contribution in [-0.4, -0.2) is 50.3 Å². The number of piperidine rings is 1. The second-order valence-electron chi connectivity index (χ2n) is 5.34. The van der Waals surface area contributed by atoms with Gasteiger partial charge in [-0.15, -0.1) is 0 Å². The zero-order chi connectivity index (χ0) is 12.5. The fraction of sp³-hybridized carbons (Fsp3) is 0.833. The largest absolute Gasteiger partial charge is 0.307 e. The van der Waals surface area contributed by atoms with Gasteiger partial charge in [-0.1, -0.05) is 6.08 Å². The van der Waals surface area contributed by atoms with Crippen molar-refractivity contribution >= 4 is 9.84 Å². The lowest BCUT2D eigenvalue weighted by atomic mass is 10.0. The highest BCUT2D eigenvalue weighted by Gasteiger charge is 2.26. The minimum atomic E-state index is -2.92. The first-order valence-corrected chi connectivity index (χ1v) is 8.09. The Balaban J connectivity index is 1.78. The monoisotopic (exact) mass is 258 g/mol. The molecule has 0 spiro atoms. The molecule has 0 aliphatic carbocycles. The summed E-state index contributed by atoms with van der Waals surface area (Å²) in [6, 6.07) is 1.10. The Morgan fingerprint density at radius 3 is 2.41 bits per heavy atom. The van der Waals surface area contributed by atoms with Gasteiger partial charge >= 0.3 is 0 Å². The zero-order valence-corrected chi connectivity index (χ0v) is 11.4. The van der Waals surface area contributed by atoms with E-state index in [9.17, 15) is 8.42 Å². The third-order valence-corrected chi connectivity index (χ3v) is 5.04. The van der Waals surface area contributed by atoms with E-state index in [1.807, 2.05) is 0 Å². The van der Waals surface area contributed by atoms with Crippen molar-refractivity contribution in [3.8, 4) is 0 Å². The Bertz CT molecular complexity index is 381. The predicted molar refractivity (Wildman–Crippen MR) is 69.6 cm³/mol. The van der Waals surface area contributed by atoms with E-state index >= 15 is 0 Å². The van der Waals surface area contributed by atoms with Crippen molar-refractivity contribution in [2.45, 2.75) is 44.8 Å². The van der Waals surface area contributed by atoms with E-state index in [2.05, 4.69) is 24.1 Å². The van der Waals surface area contributed by atoms with Gasteiger partial charge in [-0.3, -0.25) is 0 Å². The highest BCUT2D eigenvalue weighted by atomic mass is 32.2. The number of rotatable bonds is 3. The molecule has 4 nitrogen and oxygen atoms in total. The molecule has 1 fully saturated rings. The third kappa shape index (κ3) is 3.53. The molecule has 17 heavy (non-hydrogen) atoms. The van der Waals surface area contributed by atoms with Crippen LogP contribution in [0.25, 0.3) is 0 Å². The molecule has 0 aromatic carbocycles. The van der Waals surface area contributed by atoms with Crippen LogP contribution in [0.5, 0.6) is 0 Å². The van der Waals surface area contributed by atoms with Crippen LogP contribution in [0.4, 0.5) is 0 Å². The molecule has 0 bridgehead atoms. The molecular weight excluding hydrogens is 236 g/mol. The summed E-state index contributed by atoms with van der Waals surface area (Å²) in [4.78, 5) is 2.47. The predicted octanol–water partition coefficient (Wildman–Crippen LogP) is 0.759. The highest BCUT2D eigenvalue weighted by Crippen LogP contribution is 2.16. The first-order valence-electron chi connectivity index (χ1n) is 6.37. The summed E-state index contributed by atoms with van der Waals surface area (Å²) in [5.74, 6) is 0.234. The van der Waals surface area contributed by atoms with E-state index in [0.29, 0.717) is 12.1 Å². The maximum atomic E-state index is 11.3. The van der Waals surface area contributed by atoms with Crippen LogP contribution in [0, 0.1) is 0 Å². The van der Waals surface area contributed by atoms with Crippen LogP contribution >= 0.6 is 0 Å². The first-order chi connectivity index (χ1) is 7.96. The number of hydrogen-bond donors (Lipinski definition) is 1. The molecule has 1 saturated heterocycles. The molecular formula is C12H22N2O2S. The van der Waals surface area contributed by atoms with Gasteiger partial charge in [-0.25, -0.2) is 8.42 Å². The fourth-order valence-corrected chi connectivity index (χ4v) is 3.81. The number of nitrogens with one attached hydrogen (secondary N) is 1. The van der Waals surface area contributed by atoms with E-state index in [1.165, 1.54) is 5.41 Å². The molecule has 2 rings (SSSR count). The molecule has 2 aliphatic heterocycles. The molecule has 1 unspecified atom stereocenters. The van der Waals surface area contributed by atoms with Crippen molar-refractivity contribution in [3.05, 3.63) is 11.5 Å². The van der Waals surface area contributed by atoms with Gasteiger partial charge in [0.1, 0.15) is 0 Å². The summed E-state index contributed by atoms with van der Waals surface area (Å²) in [5, 5.41) is 4.78. The molecule has 1 N–H and O–H groups in total. The van der Waals surface area contributed by atoms with E-state index in [-0.39, 0.29) is 11.8 Å². The number of nitrogens with zero attached hydrogens (tertiary/aromatic N) is 1. The standard InChI is InChI=1S/C12H22N2O2S/c1-10(2)14-6-3-11(4-7-14)13-12-5-8-17(15,16)9-12/h5,8,10-13H,3-4,6-7,9H2,1-2H3. The lowest BCUT2D eigenvalue weighted by Gasteiger charge is -2.35. The summed E-state index contributed by atoms with van der Waals surface area (Å²) in [6.07, 6.45) is 4.01. The summed E-state index contributed by atoms with van der Waals surface area (Å²) in [5.41, 5.74) is 0. The zero-order valence-electron chi connectivity index (χ0n) is 10.6. The Hall–Kier alpha value is -0.390. The molecule has 2 heterocycles. The maximum absolute atomic E-state index is 11.3. The van der Waals surface area contributed by atoms with Gasteiger partial charge in [-0.05, 0) is 39.8 Å². The Morgan fingerprint density at radius 2 is 1.94 bits per heavy atom. The Morgan fingerprint density at radius 1 is 1.29 bits per heavy atom. The van der Waals surface area contributed by atoms with Gasteiger partial charge in [0, 0.05) is 23.5 Å². The number of likely N-dealkylation sites (tertiary alicyclic amines) is 1. The van der Waals surface area contributed by atoms with Crippen molar-refractivity contribution in [3.63, 3.8) is 0 Å². The van der Waals surface area contributed by atoms with Crippen molar-refractivity contribution < 1.29 is 8.42 Å². The van der Waals surface area contributed by atoms with E-state index in [1.54, 1.807) is 6.08 Å². The van der Waals surface area contributed by atoms with Crippen molar-refractivity contribution in [2.24, 2.45) is 0 Å². The SMILES string of the molecule is CC(C)N1CCC(NC2C=CS(=O)(=O)C2)CC1. The van der Waals surface area contributed by atoms with Gasteiger partial charge in [0.15, 0.2) is 9.84 Å². The second kappa shape index (κ2) is 5.08. The van der Waals surface area contributed by atoms with Gasteiger partial charge < -0.3 is 10.2 Å². The van der Waals surface area contributed by atoms with Crippen molar-refractivity contribution in [1.29, 1.82) is 0 Å². The van der Waals surface area contributed by atoms with E-state index in [4.69, 9.17) is 0 Å². The third-order valence-electron chi connectivity index (χ3n) is 3.64. The van der Waals surface area contributed by atoms with Gasteiger partial charge in [-0.2, -0.15) is 0 Å². The average molecular weight is 258 g/mol. The van der Waals surface area contributed by atoms with Gasteiger partial charge in [0.05, 0.1) is 5.75 Å². The molecule has 0 aromatic heterocycles. The lowest BCUT2D eigenvalue weighted by molar-refractivity contribution is 0.159. The number of sulfone groups is 1. The molecule has 0 amide bonds. The lowest BCUT2D eigenvalue weighted by Crippen LogP contribution is -2.48. The van der Waals surface area contributed by atoms with Crippen LogP contribution < -0.4 is 5.32 Å². The van der Waals surface area contributed by atoms with Gasteiger partial charge in [0.25, 0.3) is 0 Å². The van der Waals surface area contributed by atoms with Crippen LogP contribution in [0.2, 0.25) is 0 Å². The van der Waals surface area contributed by atoms with Crippen molar-refractivity contribution in [1.82, 2.24) is 10.2 Å². The molecule has 0 radical (unpaired) electrons. The molecule has 0 aromatic rings. The fourth-order valence-electron chi connectivity index (χ4n) is 2.56. The molecule has 1 atom stereocenters. The topological polar surface area (TPSA) is 49.4 Å². The summed E-state index contributed by atoms with van der Waals surface area (Å²) >= 11 is 0. The molecule has 2 aliphatic rings. The van der Waals surface area contributed by atoms with Crippen LogP contribution in [0.3, 0.4) is 0 Å². The summed E-state index contributed by atoms with van der Waals surface area (Å²) in [6.45, 7) is 6.66. The quantitative estimate of drug-likeness (QED) is 0.812. The minimum absolute atomic E-state index is 0.0237. The smallest absolute Gasteiger partial charge is 0.173 e. The Labute approximate surface area is 104 Å². The molecule has 5 heteroatoms. The molecule has 98 valence electrons. The molecule has 0 saturated carbocycles. The normalized spacial score (nSPS) is 30.2. The van der Waals surface area contributed by atoms with E-state index in [0.717, 1.165) is 25.9 Å². The minimum Gasteiger partial charge on any atom is -0.307 e. The number of hydrogen-bond acceptors (Lipinski definition) is 4. The Kier molecular flexibility index (Phi) is 3.90. The van der Waals surface area contributed by atoms with Crippen LogP contribution in [0.15, 0.2) is 11.5 Å². The van der Waals surface area contributed by atoms with Crippen LogP contribution in [-0.2, 0) is 9.84 Å². The van der Waals surface area contributed by atoms with Gasteiger partial charge in [0.2, 0.25) is 0 Å².